The number of aromatic nitrogens is 3. The van der Waals surface area contributed by atoms with Crippen molar-refractivity contribution in [2.45, 2.75) is 18.5 Å². The first kappa shape index (κ1) is 16.9. The summed E-state index contributed by atoms with van der Waals surface area (Å²) in [4.78, 5) is 29.0. The monoisotopic (exact) mass is 373 g/mol. The van der Waals surface area contributed by atoms with Crippen molar-refractivity contribution in [1.29, 1.82) is 0 Å². The van der Waals surface area contributed by atoms with E-state index < -0.39 is 9.84 Å². The van der Waals surface area contributed by atoms with Gasteiger partial charge in [0.25, 0.3) is 0 Å². The minimum atomic E-state index is -3.21. The van der Waals surface area contributed by atoms with Crippen LogP contribution in [-0.4, -0.2) is 70.9 Å². The summed E-state index contributed by atoms with van der Waals surface area (Å²) in [5, 5.41) is 0. The number of sulfone groups is 1. The van der Waals surface area contributed by atoms with Crippen molar-refractivity contribution in [2.24, 2.45) is 0 Å². The number of pyridine rings is 1. The molecule has 26 heavy (non-hydrogen) atoms. The second-order valence-corrected chi connectivity index (χ2v) is 8.73. The smallest absolute Gasteiger partial charge is 0.227 e. The predicted octanol–water partition coefficient (Wildman–Crippen LogP) is -0.0715. The summed E-state index contributed by atoms with van der Waals surface area (Å²) < 4.78 is 24.6. The average molecular weight is 373 g/mol. The highest BCUT2D eigenvalue weighted by Crippen LogP contribution is 2.29. The van der Waals surface area contributed by atoms with Gasteiger partial charge in [-0.1, -0.05) is 6.07 Å². The van der Waals surface area contributed by atoms with Crippen molar-refractivity contribution < 1.29 is 13.2 Å². The van der Waals surface area contributed by atoms with Crippen LogP contribution >= 0.6 is 0 Å². The van der Waals surface area contributed by atoms with Crippen LogP contribution in [0.5, 0.6) is 0 Å². The van der Waals surface area contributed by atoms with Gasteiger partial charge >= 0.3 is 0 Å². The van der Waals surface area contributed by atoms with Gasteiger partial charge in [-0.05, 0) is 17.7 Å². The first-order chi connectivity index (χ1) is 12.5. The van der Waals surface area contributed by atoms with E-state index in [-0.39, 0.29) is 35.9 Å². The van der Waals surface area contributed by atoms with E-state index >= 15 is 0 Å². The normalized spacial score (nSPS) is 24.3. The van der Waals surface area contributed by atoms with Crippen molar-refractivity contribution in [3.05, 3.63) is 48.5 Å². The molecule has 2 fully saturated rings. The molecular weight excluding hydrogens is 354 g/mol. The highest BCUT2D eigenvalue weighted by atomic mass is 32.2. The van der Waals surface area contributed by atoms with E-state index in [9.17, 15) is 13.2 Å². The standard InChI is InChI=1S/C17H19N5O3S/c23-16(9-13-3-1-4-18-10-13)21-7-8-22(17-19-5-2-6-20-17)15-12-26(24,25)11-14(15)21/h1-6,10,14-15H,7-9,11-12H2/t14-,15+/m0/s1. The molecule has 2 aromatic heterocycles. The van der Waals surface area contributed by atoms with Crippen molar-refractivity contribution in [3.63, 3.8) is 0 Å². The fourth-order valence-corrected chi connectivity index (χ4v) is 5.71. The molecule has 2 aliphatic rings. The number of carbonyl (C=O) groups excluding carboxylic acids is 1. The molecule has 0 spiro atoms. The van der Waals surface area contributed by atoms with Gasteiger partial charge in [0.05, 0.1) is 30.0 Å². The number of rotatable bonds is 3. The zero-order valence-electron chi connectivity index (χ0n) is 14.1. The summed E-state index contributed by atoms with van der Waals surface area (Å²) in [7, 11) is -3.21. The van der Waals surface area contributed by atoms with Gasteiger partial charge in [0.15, 0.2) is 9.84 Å². The van der Waals surface area contributed by atoms with Gasteiger partial charge in [0.2, 0.25) is 11.9 Å². The Labute approximate surface area is 151 Å². The number of hydrogen-bond acceptors (Lipinski definition) is 7. The number of nitrogens with zero attached hydrogens (tertiary/aromatic N) is 5. The topological polar surface area (TPSA) is 96.4 Å². The van der Waals surface area contributed by atoms with Gasteiger partial charge in [-0.25, -0.2) is 18.4 Å². The number of hydrogen-bond donors (Lipinski definition) is 0. The molecular formula is C17H19N5O3S. The number of carbonyl (C=O) groups is 1. The van der Waals surface area contributed by atoms with E-state index in [2.05, 4.69) is 15.0 Å². The van der Waals surface area contributed by atoms with E-state index in [1.807, 2.05) is 11.0 Å². The van der Waals surface area contributed by atoms with Gasteiger partial charge in [-0.3, -0.25) is 9.78 Å². The van der Waals surface area contributed by atoms with Gasteiger partial charge in [0.1, 0.15) is 0 Å². The van der Waals surface area contributed by atoms with Gasteiger partial charge in [-0.2, -0.15) is 0 Å². The molecule has 8 nitrogen and oxygen atoms in total. The Morgan fingerprint density at radius 2 is 1.85 bits per heavy atom. The van der Waals surface area contributed by atoms with Crippen LogP contribution in [0, 0.1) is 0 Å². The minimum Gasteiger partial charge on any atom is -0.335 e. The van der Waals surface area contributed by atoms with Crippen LogP contribution < -0.4 is 4.90 Å². The second-order valence-electron chi connectivity index (χ2n) is 6.58. The summed E-state index contributed by atoms with van der Waals surface area (Å²) in [5.41, 5.74) is 0.823. The Morgan fingerprint density at radius 3 is 2.58 bits per heavy atom. The molecule has 0 N–H and O–H groups in total. The molecule has 0 unspecified atom stereocenters. The highest BCUT2D eigenvalue weighted by molar-refractivity contribution is 7.91. The van der Waals surface area contributed by atoms with Crippen LogP contribution in [0.1, 0.15) is 5.56 Å². The SMILES string of the molecule is O=C(Cc1cccnc1)N1CCN(c2ncccn2)[C@@H]2CS(=O)(=O)C[C@@H]21. The first-order valence-electron chi connectivity index (χ1n) is 8.46. The molecule has 4 rings (SSSR count). The third kappa shape index (κ3) is 3.26. The number of amides is 1. The van der Waals surface area contributed by atoms with Crippen LogP contribution in [0.4, 0.5) is 5.95 Å². The van der Waals surface area contributed by atoms with Crippen LogP contribution in [-0.2, 0) is 21.1 Å². The van der Waals surface area contributed by atoms with E-state index in [0.717, 1.165) is 5.56 Å². The molecule has 0 bridgehead atoms. The Hall–Kier alpha value is -2.55. The summed E-state index contributed by atoms with van der Waals surface area (Å²) in [6.45, 7) is 0.966. The Balaban J connectivity index is 1.58. The lowest BCUT2D eigenvalue weighted by Crippen LogP contribution is -2.61. The molecule has 0 saturated carbocycles. The third-order valence-electron chi connectivity index (χ3n) is 4.88. The number of piperazine rings is 1. The zero-order chi connectivity index (χ0) is 18.1. The minimum absolute atomic E-state index is 0.0141. The fraction of sp³-hybridized carbons (Fsp3) is 0.412. The molecule has 0 aromatic carbocycles. The molecule has 2 atom stereocenters. The lowest BCUT2D eigenvalue weighted by molar-refractivity contribution is -0.133. The van der Waals surface area contributed by atoms with Crippen LogP contribution in [0.15, 0.2) is 43.0 Å². The molecule has 4 heterocycles. The van der Waals surface area contributed by atoms with Crippen molar-refractivity contribution in [3.8, 4) is 0 Å². The average Bonchev–Trinajstić information content (AvgIpc) is 2.97. The van der Waals surface area contributed by atoms with Crippen LogP contribution in [0.2, 0.25) is 0 Å². The zero-order valence-corrected chi connectivity index (χ0v) is 14.9. The quantitative estimate of drug-likeness (QED) is 0.743. The van der Waals surface area contributed by atoms with E-state index in [1.165, 1.54) is 0 Å². The Bertz CT molecular complexity index is 891. The Morgan fingerprint density at radius 1 is 1.08 bits per heavy atom. The molecule has 136 valence electrons. The summed E-state index contributed by atoms with van der Waals surface area (Å²) in [5.74, 6) is 0.449. The van der Waals surface area contributed by atoms with Gasteiger partial charge in [-0.15, -0.1) is 0 Å². The molecule has 2 aliphatic heterocycles. The third-order valence-corrected chi connectivity index (χ3v) is 6.58. The maximum absolute atomic E-state index is 12.8. The maximum Gasteiger partial charge on any atom is 0.227 e. The fourth-order valence-electron chi connectivity index (χ4n) is 3.73. The van der Waals surface area contributed by atoms with Crippen LogP contribution in [0.3, 0.4) is 0 Å². The van der Waals surface area contributed by atoms with E-state index in [0.29, 0.717) is 19.0 Å². The molecule has 1 amide bonds. The van der Waals surface area contributed by atoms with Gasteiger partial charge in [0, 0.05) is 37.9 Å². The van der Waals surface area contributed by atoms with Crippen molar-refractivity contribution in [2.75, 3.05) is 29.5 Å². The highest BCUT2D eigenvalue weighted by Gasteiger charge is 2.48. The molecule has 0 aliphatic carbocycles. The van der Waals surface area contributed by atoms with Gasteiger partial charge < -0.3 is 9.80 Å². The lowest BCUT2D eigenvalue weighted by Gasteiger charge is -2.43. The number of anilines is 1. The second kappa shape index (κ2) is 6.64. The summed E-state index contributed by atoms with van der Waals surface area (Å²) in [6.07, 6.45) is 6.82. The van der Waals surface area contributed by atoms with Crippen molar-refractivity contribution in [1.82, 2.24) is 19.9 Å². The largest absolute Gasteiger partial charge is 0.335 e. The summed E-state index contributed by atoms with van der Waals surface area (Å²) >= 11 is 0. The lowest BCUT2D eigenvalue weighted by atomic mass is 10.0. The molecule has 9 heteroatoms. The van der Waals surface area contributed by atoms with Crippen molar-refractivity contribution >= 4 is 21.7 Å². The Kier molecular flexibility index (Phi) is 4.31. The number of fused-ring (bicyclic) bond motifs is 1. The first-order valence-corrected chi connectivity index (χ1v) is 10.3. The maximum atomic E-state index is 12.8. The van der Waals surface area contributed by atoms with Crippen LogP contribution in [0.25, 0.3) is 0 Å². The molecule has 2 aromatic rings. The molecule has 0 radical (unpaired) electrons. The van der Waals surface area contributed by atoms with E-state index in [1.54, 1.807) is 41.8 Å². The van der Waals surface area contributed by atoms with E-state index in [4.69, 9.17) is 0 Å². The molecule has 2 saturated heterocycles. The summed E-state index contributed by atoms with van der Waals surface area (Å²) in [6, 6.07) is 4.67. The predicted molar refractivity (Wildman–Crippen MR) is 95.3 cm³/mol.